The first kappa shape index (κ1) is 18.1. The first-order valence-electron chi connectivity index (χ1n) is 9.82. The maximum atomic E-state index is 13.0. The van der Waals surface area contributed by atoms with Gasteiger partial charge in [0.15, 0.2) is 5.78 Å². The fraction of sp³-hybridized carbons (Fsp3) is 0.619. The molecule has 1 unspecified atom stereocenters. The van der Waals surface area contributed by atoms with Crippen LogP contribution in [-0.2, 0) is 9.53 Å². The smallest absolute Gasteiger partial charge is 0.229 e. The third-order valence-corrected chi connectivity index (χ3v) is 7.41. The quantitative estimate of drug-likeness (QED) is 0.792. The normalized spacial score (nSPS) is 27.3. The van der Waals surface area contributed by atoms with E-state index in [-0.39, 0.29) is 17.7 Å². The van der Waals surface area contributed by atoms with Crippen LogP contribution in [0.2, 0.25) is 0 Å². The predicted octanol–water partition coefficient (Wildman–Crippen LogP) is 3.74. The van der Waals surface area contributed by atoms with Gasteiger partial charge in [0.1, 0.15) is 0 Å². The van der Waals surface area contributed by atoms with Gasteiger partial charge in [-0.25, -0.2) is 0 Å². The number of benzene rings is 1. The molecule has 4 rings (SSSR count). The minimum atomic E-state index is -0.181. The Bertz CT molecular complexity index is 698. The lowest BCUT2D eigenvalue weighted by molar-refractivity contribution is -0.136. The van der Waals surface area contributed by atoms with E-state index in [9.17, 15) is 9.59 Å². The summed E-state index contributed by atoms with van der Waals surface area (Å²) >= 11 is 1.81. The molecular weight excluding hydrogens is 346 g/mol. The number of nitrogens with zero attached hydrogens (tertiary/aromatic N) is 1. The summed E-state index contributed by atoms with van der Waals surface area (Å²) in [6, 6.07) is 6.06. The lowest BCUT2D eigenvalue weighted by Crippen LogP contribution is -2.42. The van der Waals surface area contributed by atoms with Crippen LogP contribution in [0, 0.1) is 11.8 Å². The van der Waals surface area contributed by atoms with Gasteiger partial charge in [-0.05, 0) is 43.4 Å². The summed E-state index contributed by atoms with van der Waals surface area (Å²) in [5.74, 6) is 2.05. The molecule has 0 bridgehead atoms. The monoisotopic (exact) mass is 373 g/mol. The molecule has 5 heteroatoms. The molecular formula is C21H27NO3S. The van der Waals surface area contributed by atoms with E-state index >= 15 is 0 Å². The van der Waals surface area contributed by atoms with Crippen molar-refractivity contribution in [2.45, 2.75) is 43.4 Å². The summed E-state index contributed by atoms with van der Waals surface area (Å²) in [6.45, 7) is 4.56. The Morgan fingerprint density at radius 3 is 2.81 bits per heavy atom. The standard InChI is InChI=1S/C21H27NO3S/c1-14(21(24)22-8-10-25-11-9-22)15-6-7-18-19(12-15)26-13-16-4-2-3-5-17(16)20(18)23/h6-7,12,14,16-17H,2-5,8-11,13H2,1H3/t14?,16-,17+/m1/s1. The van der Waals surface area contributed by atoms with Crippen LogP contribution in [0.25, 0.3) is 0 Å². The van der Waals surface area contributed by atoms with E-state index in [1.807, 2.05) is 35.7 Å². The summed E-state index contributed by atoms with van der Waals surface area (Å²) < 4.78 is 5.35. The average Bonchev–Trinajstić information content (AvgIpc) is 2.84. The van der Waals surface area contributed by atoms with Gasteiger partial charge in [-0.1, -0.05) is 18.9 Å². The Hall–Kier alpha value is -1.33. The molecule has 0 N–H and O–H groups in total. The molecule has 2 heterocycles. The van der Waals surface area contributed by atoms with Gasteiger partial charge in [-0.2, -0.15) is 0 Å². The van der Waals surface area contributed by atoms with Crippen molar-refractivity contribution in [1.29, 1.82) is 0 Å². The maximum absolute atomic E-state index is 13.0. The average molecular weight is 374 g/mol. The third-order valence-electron chi connectivity index (χ3n) is 6.16. The van der Waals surface area contributed by atoms with E-state index in [4.69, 9.17) is 4.74 Å². The van der Waals surface area contributed by atoms with Crippen LogP contribution in [-0.4, -0.2) is 48.6 Å². The number of fused-ring (bicyclic) bond motifs is 2. The van der Waals surface area contributed by atoms with Crippen molar-refractivity contribution in [3.05, 3.63) is 29.3 Å². The maximum Gasteiger partial charge on any atom is 0.229 e. The van der Waals surface area contributed by atoms with Crippen molar-refractivity contribution in [3.63, 3.8) is 0 Å². The van der Waals surface area contributed by atoms with Gasteiger partial charge < -0.3 is 9.64 Å². The number of morpholine rings is 1. The first-order valence-corrected chi connectivity index (χ1v) is 10.8. The number of ketones is 1. The number of Topliss-reactive ketones (excluding diaryl/α,β-unsaturated/α-hetero) is 1. The van der Waals surface area contributed by atoms with Crippen LogP contribution >= 0.6 is 11.8 Å². The molecule has 140 valence electrons. The summed E-state index contributed by atoms with van der Waals surface area (Å²) in [5, 5.41) is 0. The molecule has 1 aliphatic carbocycles. The van der Waals surface area contributed by atoms with Gasteiger partial charge in [-0.3, -0.25) is 9.59 Å². The Morgan fingerprint density at radius 1 is 1.23 bits per heavy atom. The Kier molecular flexibility index (Phi) is 5.37. The Morgan fingerprint density at radius 2 is 2.00 bits per heavy atom. The fourth-order valence-corrected chi connectivity index (χ4v) is 5.82. The molecule has 2 aliphatic heterocycles. The van der Waals surface area contributed by atoms with Crippen LogP contribution in [0.3, 0.4) is 0 Å². The molecule has 1 aromatic rings. The molecule has 26 heavy (non-hydrogen) atoms. The second kappa shape index (κ2) is 7.73. The van der Waals surface area contributed by atoms with Gasteiger partial charge in [-0.15, -0.1) is 11.8 Å². The zero-order chi connectivity index (χ0) is 18.1. The molecule has 1 amide bonds. The number of thioether (sulfide) groups is 1. The van der Waals surface area contributed by atoms with Gasteiger partial charge in [0, 0.05) is 35.2 Å². The second-order valence-electron chi connectivity index (χ2n) is 7.74. The molecule has 2 fully saturated rings. The van der Waals surface area contributed by atoms with Crippen molar-refractivity contribution in [3.8, 4) is 0 Å². The van der Waals surface area contributed by atoms with E-state index < -0.39 is 0 Å². The van der Waals surface area contributed by atoms with Crippen molar-refractivity contribution >= 4 is 23.5 Å². The number of carbonyl (C=O) groups is 2. The minimum absolute atomic E-state index is 0.159. The molecule has 1 aromatic carbocycles. The SMILES string of the molecule is CC(C(=O)N1CCOCC1)c1ccc2c(c1)SC[C@H]1CCCC[C@@H]1C2=O. The highest BCUT2D eigenvalue weighted by atomic mass is 32.2. The summed E-state index contributed by atoms with van der Waals surface area (Å²) in [6.07, 6.45) is 4.64. The molecule has 0 spiro atoms. The Labute approximate surface area is 159 Å². The van der Waals surface area contributed by atoms with Crippen molar-refractivity contribution < 1.29 is 14.3 Å². The lowest BCUT2D eigenvalue weighted by Gasteiger charge is -2.29. The number of ether oxygens (including phenoxy) is 1. The second-order valence-corrected chi connectivity index (χ2v) is 8.80. The zero-order valence-corrected chi connectivity index (χ0v) is 16.2. The number of amides is 1. The largest absolute Gasteiger partial charge is 0.378 e. The molecule has 3 aliphatic rings. The van der Waals surface area contributed by atoms with E-state index in [1.54, 1.807) is 0 Å². The number of hydrogen-bond acceptors (Lipinski definition) is 4. The van der Waals surface area contributed by atoms with Gasteiger partial charge in [0.05, 0.1) is 19.1 Å². The summed E-state index contributed by atoms with van der Waals surface area (Å²) in [5.41, 5.74) is 1.89. The first-order chi connectivity index (χ1) is 12.6. The van der Waals surface area contributed by atoms with Crippen LogP contribution in [0.5, 0.6) is 0 Å². The van der Waals surface area contributed by atoms with E-state index in [1.165, 1.54) is 19.3 Å². The Balaban J connectivity index is 1.56. The molecule has 0 radical (unpaired) electrons. The number of rotatable bonds is 2. The minimum Gasteiger partial charge on any atom is -0.378 e. The highest BCUT2D eigenvalue weighted by Gasteiger charge is 2.35. The van der Waals surface area contributed by atoms with Crippen LogP contribution in [0.15, 0.2) is 23.1 Å². The van der Waals surface area contributed by atoms with Crippen LogP contribution < -0.4 is 0 Å². The highest BCUT2D eigenvalue weighted by molar-refractivity contribution is 7.99. The van der Waals surface area contributed by atoms with Crippen molar-refractivity contribution in [2.75, 3.05) is 32.1 Å². The summed E-state index contributed by atoms with van der Waals surface area (Å²) in [7, 11) is 0. The lowest BCUT2D eigenvalue weighted by atomic mass is 9.76. The molecule has 3 atom stereocenters. The van der Waals surface area contributed by atoms with E-state index in [2.05, 4.69) is 6.07 Å². The highest BCUT2D eigenvalue weighted by Crippen LogP contribution is 2.42. The predicted molar refractivity (Wildman–Crippen MR) is 103 cm³/mol. The zero-order valence-electron chi connectivity index (χ0n) is 15.4. The molecule has 4 nitrogen and oxygen atoms in total. The molecule has 1 saturated heterocycles. The van der Waals surface area contributed by atoms with Crippen molar-refractivity contribution in [1.82, 2.24) is 4.90 Å². The van der Waals surface area contributed by atoms with Gasteiger partial charge in [0.2, 0.25) is 5.91 Å². The van der Waals surface area contributed by atoms with Gasteiger partial charge >= 0.3 is 0 Å². The van der Waals surface area contributed by atoms with Crippen molar-refractivity contribution in [2.24, 2.45) is 11.8 Å². The van der Waals surface area contributed by atoms with Crippen LogP contribution in [0.4, 0.5) is 0 Å². The van der Waals surface area contributed by atoms with E-state index in [0.29, 0.717) is 38.0 Å². The fourth-order valence-electron chi connectivity index (χ4n) is 4.48. The van der Waals surface area contributed by atoms with Gasteiger partial charge in [0.25, 0.3) is 0 Å². The number of hydrogen-bond donors (Lipinski definition) is 0. The molecule has 0 aromatic heterocycles. The van der Waals surface area contributed by atoms with E-state index in [0.717, 1.165) is 28.2 Å². The van der Waals surface area contributed by atoms with Crippen LogP contribution in [0.1, 0.15) is 54.4 Å². The third kappa shape index (κ3) is 3.44. The number of carbonyl (C=O) groups excluding carboxylic acids is 2. The summed E-state index contributed by atoms with van der Waals surface area (Å²) in [4.78, 5) is 28.8. The topological polar surface area (TPSA) is 46.6 Å². The molecule has 1 saturated carbocycles.